The number of carbonyl (C=O) groups is 1. The number of rotatable bonds is 6. The van der Waals surface area contributed by atoms with Gasteiger partial charge in [-0.05, 0) is 36.4 Å². The minimum atomic E-state index is -0.258. The molecule has 132 valence electrons. The zero-order chi connectivity index (χ0) is 18.4. The Balaban J connectivity index is 2.10. The fraction of sp³-hybridized carbons (Fsp3) is 0.211. The van der Waals surface area contributed by atoms with E-state index in [0.29, 0.717) is 22.2 Å². The van der Waals surface area contributed by atoms with E-state index < -0.39 is 0 Å². The number of nitrogens with one attached hydrogen (secondary N) is 1. The van der Waals surface area contributed by atoms with Crippen molar-refractivity contribution in [3.63, 3.8) is 0 Å². The molecule has 2 aromatic rings. The van der Waals surface area contributed by atoms with Gasteiger partial charge in [0.25, 0.3) is 0 Å². The number of anilines is 2. The van der Waals surface area contributed by atoms with Crippen LogP contribution in [0.5, 0.6) is 11.5 Å². The van der Waals surface area contributed by atoms with E-state index in [2.05, 4.69) is 5.32 Å². The van der Waals surface area contributed by atoms with Crippen molar-refractivity contribution in [2.24, 2.45) is 0 Å². The van der Waals surface area contributed by atoms with E-state index in [1.165, 1.54) is 6.08 Å². The minimum Gasteiger partial charge on any atom is -0.497 e. The number of halogens is 1. The van der Waals surface area contributed by atoms with E-state index in [-0.39, 0.29) is 5.91 Å². The van der Waals surface area contributed by atoms with Crippen LogP contribution in [0, 0.1) is 0 Å². The Bertz CT molecular complexity index is 788. The first-order chi connectivity index (χ1) is 11.9. The summed E-state index contributed by atoms with van der Waals surface area (Å²) >= 11 is 6.21. The fourth-order valence-electron chi connectivity index (χ4n) is 2.25. The molecule has 0 aromatic heterocycles. The molecule has 1 N–H and O–H groups in total. The Labute approximate surface area is 152 Å². The van der Waals surface area contributed by atoms with E-state index in [1.54, 1.807) is 44.6 Å². The Morgan fingerprint density at radius 2 is 1.88 bits per heavy atom. The first-order valence-electron chi connectivity index (χ1n) is 7.62. The summed E-state index contributed by atoms with van der Waals surface area (Å²) in [6, 6.07) is 10.8. The number of benzene rings is 2. The lowest BCUT2D eigenvalue weighted by atomic mass is 10.1. The molecule has 0 heterocycles. The molecule has 2 rings (SSSR count). The molecule has 0 aliphatic heterocycles. The van der Waals surface area contributed by atoms with Gasteiger partial charge in [-0.15, -0.1) is 0 Å². The third kappa shape index (κ3) is 4.90. The normalized spacial score (nSPS) is 10.6. The SMILES string of the molecule is COc1ccc(C=CC(=O)Nc2ccc(N(C)C)c(Cl)c2)c(OC)c1. The van der Waals surface area contributed by atoms with Crippen molar-refractivity contribution in [1.82, 2.24) is 0 Å². The highest BCUT2D eigenvalue weighted by molar-refractivity contribution is 6.33. The van der Waals surface area contributed by atoms with Gasteiger partial charge < -0.3 is 19.7 Å². The van der Waals surface area contributed by atoms with Crippen molar-refractivity contribution in [2.75, 3.05) is 38.5 Å². The Morgan fingerprint density at radius 1 is 1.12 bits per heavy atom. The predicted molar refractivity (Wildman–Crippen MR) is 103 cm³/mol. The van der Waals surface area contributed by atoms with E-state index in [4.69, 9.17) is 21.1 Å². The molecule has 0 bridgehead atoms. The molecule has 6 heteroatoms. The molecular weight excluding hydrogens is 340 g/mol. The Morgan fingerprint density at radius 3 is 2.48 bits per heavy atom. The lowest BCUT2D eigenvalue weighted by Crippen LogP contribution is -2.11. The van der Waals surface area contributed by atoms with Crippen molar-refractivity contribution in [1.29, 1.82) is 0 Å². The van der Waals surface area contributed by atoms with Gasteiger partial charge in [-0.25, -0.2) is 0 Å². The van der Waals surface area contributed by atoms with E-state index in [9.17, 15) is 4.79 Å². The van der Waals surface area contributed by atoms with Gasteiger partial charge in [0, 0.05) is 37.5 Å². The number of nitrogens with zero attached hydrogens (tertiary/aromatic N) is 1. The summed E-state index contributed by atoms with van der Waals surface area (Å²) in [7, 11) is 6.97. The maximum absolute atomic E-state index is 12.1. The smallest absolute Gasteiger partial charge is 0.248 e. The lowest BCUT2D eigenvalue weighted by molar-refractivity contribution is -0.111. The number of carbonyl (C=O) groups excluding carboxylic acids is 1. The molecule has 0 fully saturated rings. The largest absolute Gasteiger partial charge is 0.497 e. The van der Waals surface area contributed by atoms with Crippen LogP contribution in [-0.4, -0.2) is 34.2 Å². The average molecular weight is 361 g/mol. The molecule has 0 radical (unpaired) electrons. The van der Waals surface area contributed by atoms with E-state index in [0.717, 1.165) is 11.3 Å². The highest BCUT2D eigenvalue weighted by Crippen LogP contribution is 2.28. The molecule has 2 aromatic carbocycles. The van der Waals surface area contributed by atoms with Crippen LogP contribution in [0.3, 0.4) is 0 Å². The standard InChI is InChI=1S/C19H21ClN2O3/c1-22(2)17-9-7-14(11-16(17)20)21-19(23)10-6-13-5-8-15(24-3)12-18(13)25-4/h5-12H,1-4H3,(H,21,23). The van der Waals surface area contributed by atoms with Crippen molar-refractivity contribution in [3.05, 3.63) is 53.1 Å². The van der Waals surface area contributed by atoms with Gasteiger partial charge >= 0.3 is 0 Å². The molecule has 0 aliphatic carbocycles. The summed E-state index contributed by atoms with van der Waals surface area (Å²) < 4.78 is 10.5. The zero-order valence-corrected chi connectivity index (χ0v) is 15.4. The maximum atomic E-state index is 12.1. The van der Waals surface area contributed by atoms with Crippen molar-refractivity contribution < 1.29 is 14.3 Å². The van der Waals surface area contributed by atoms with Crippen LogP contribution in [-0.2, 0) is 4.79 Å². The third-order valence-electron chi connectivity index (χ3n) is 3.55. The molecule has 0 aliphatic rings. The zero-order valence-electron chi connectivity index (χ0n) is 14.7. The van der Waals surface area contributed by atoms with Crippen LogP contribution in [0.4, 0.5) is 11.4 Å². The monoisotopic (exact) mass is 360 g/mol. The molecule has 0 spiro atoms. The summed E-state index contributed by atoms with van der Waals surface area (Å²) in [5, 5.41) is 3.36. The van der Waals surface area contributed by atoms with Gasteiger partial charge in [0.15, 0.2) is 0 Å². The van der Waals surface area contributed by atoms with Crippen molar-refractivity contribution >= 4 is 35.0 Å². The average Bonchev–Trinajstić information content (AvgIpc) is 2.59. The minimum absolute atomic E-state index is 0.258. The second-order valence-corrected chi connectivity index (χ2v) is 5.90. The van der Waals surface area contributed by atoms with Crippen LogP contribution in [0.1, 0.15) is 5.56 Å². The summed E-state index contributed by atoms with van der Waals surface area (Å²) in [5.41, 5.74) is 2.30. The number of hydrogen-bond donors (Lipinski definition) is 1. The molecular formula is C19H21ClN2O3. The van der Waals surface area contributed by atoms with Gasteiger partial charge in [-0.3, -0.25) is 4.79 Å². The summed E-state index contributed by atoms with van der Waals surface area (Å²) in [6.45, 7) is 0. The van der Waals surface area contributed by atoms with Crippen LogP contribution < -0.4 is 19.7 Å². The molecule has 0 atom stereocenters. The quantitative estimate of drug-likeness (QED) is 0.789. The van der Waals surface area contributed by atoms with Crippen LogP contribution in [0.2, 0.25) is 5.02 Å². The molecule has 0 saturated heterocycles. The second kappa shape index (κ2) is 8.44. The van der Waals surface area contributed by atoms with Gasteiger partial charge in [-0.2, -0.15) is 0 Å². The van der Waals surface area contributed by atoms with Gasteiger partial charge in [0.05, 0.1) is 24.9 Å². The topological polar surface area (TPSA) is 50.8 Å². The van der Waals surface area contributed by atoms with Crippen LogP contribution in [0.15, 0.2) is 42.5 Å². The van der Waals surface area contributed by atoms with Gasteiger partial charge in [-0.1, -0.05) is 11.6 Å². The first kappa shape index (κ1) is 18.7. The molecule has 0 unspecified atom stereocenters. The maximum Gasteiger partial charge on any atom is 0.248 e. The van der Waals surface area contributed by atoms with Crippen molar-refractivity contribution in [2.45, 2.75) is 0 Å². The lowest BCUT2D eigenvalue weighted by Gasteiger charge is -2.15. The fourth-order valence-corrected chi connectivity index (χ4v) is 2.60. The van der Waals surface area contributed by atoms with E-state index >= 15 is 0 Å². The van der Waals surface area contributed by atoms with E-state index in [1.807, 2.05) is 31.1 Å². The van der Waals surface area contributed by atoms with Crippen LogP contribution >= 0.6 is 11.6 Å². The number of amides is 1. The summed E-state index contributed by atoms with van der Waals surface area (Å²) in [6.07, 6.45) is 3.13. The molecule has 1 amide bonds. The summed E-state index contributed by atoms with van der Waals surface area (Å²) in [4.78, 5) is 14.0. The summed E-state index contributed by atoms with van der Waals surface area (Å²) in [5.74, 6) is 1.06. The highest BCUT2D eigenvalue weighted by atomic mass is 35.5. The van der Waals surface area contributed by atoms with Crippen molar-refractivity contribution in [3.8, 4) is 11.5 Å². The Hall–Kier alpha value is -2.66. The predicted octanol–water partition coefficient (Wildman–Crippen LogP) is 4.08. The molecule has 5 nitrogen and oxygen atoms in total. The number of ether oxygens (including phenoxy) is 2. The van der Waals surface area contributed by atoms with Crippen LogP contribution in [0.25, 0.3) is 6.08 Å². The highest BCUT2D eigenvalue weighted by Gasteiger charge is 2.06. The Kier molecular flexibility index (Phi) is 6.31. The molecule has 25 heavy (non-hydrogen) atoms. The number of methoxy groups -OCH3 is 2. The number of hydrogen-bond acceptors (Lipinski definition) is 4. The first-order valence-corrected chi connectivity index (χ1v) is 8.00. The second-order valence-electron chi connectivity index (χ2n) is 5.49. The molecule has 0 saturated carbocycles. The van der Waals surface area contributed by atoms with Gasteiger partial charge in [0.1, 0.15) is 11.5 Å². The van der Waals surface area contributed by atoms with Gasteiger partial charge in [0.2, 0.25) is 5.91 Å². The third-order valence-corrected chi connectivity index (χ3v) is 3.85.